The lowest BCUT2D eigenvalue weighted by molar-refractivity contribution is -0.384. The van der Waals surface area contributed by atoms with Crippen LogP contribution in [0.2, 0.25) is 0 Å². The largest absolute Gasteiger partial charge is 0.466 e. The number of anilines is 1. The van der Waals surface area contributed by atoms with E-state index in [0.717, 1.165) is 11.3 Å². The molecule has 0 saturated carbocycles. The van der Waals surface area contributed by atoms with E-state index < -0.39 is 22.8 Å². The van der Waals surface area contributed by atoms with Crippen LogP contribution in [-0.4, -0.2) is 53.3 Å². The Labute approximate surface area is 156 Å². The van der Waals surface area contributed by atoms with E-state index in [0.29, 0.717) is 26.1 Å². The van der Waals surface area contributed by atoms with E-state index in [9.17, 15) is 24.5 Å². The van der Waals surface area contributed by atoms with Gasteiger partial charge in [-0.15, -0.1) is 0 Å². The van der Waals surface area contributed by atoms with Crippen molar-refractivity contribution in [3.63, 3.8) is 0 Å². The number of hydrogen-bond acceptors (Lipinski definition) is 7. The van der Waals surface area contributed by atoms with Crippen LogP contribution in [-0.2, 0) is 19.1 Å². The minimum absolute atomic E-state index is 0.00291. The minimum Gasteiger partial charge on any atom is -0.466 e. The predicted octanol–water partition coefficient (Wildman–Crippen LogP) is 1.50. The summed E-state index contributed by atoms with van der Waals surface area (Å²) in [5.41, 5.74) is 0.0116. The van der Waals surface area contributed by atoms with Gasteiger partial charge in [0.1, 0.15) is 0 Å². The zero-order valence-electron chi connectivity index (χ0n) is 15.0. The maximum absolute atomic E-state index is 12.9. The normalized spacial score (nSPS) is 23.5. The standard InChI is InChI=1S/C18H21N3O6/c1-2-27-18(24)12-5-4-8-19(11-12)15-10-16(22)20(17(15)23)13-6-3-7-14(9-13)21(25)26/h3,6-7,9,12,15H,2,4-5,8,10-11H2,1H3. The summed E-state index contributed by atoms with van der Waals surface area (Å²) >= 11 is 0. The Morgan fingerprint density at radius 3 is 2.85 bits per heavy atom. The average Bonchev–Trinajstić information content (AvgIpc) is 2.96. The Morgan fingerprint density at radius 2 is 2.15 bits per heavy atom. The van der Waals surface area contributed by atoms with E-state index >= 15 is 0 Å². The summed E-state index contributed by atoms with van der Waals surface area (Å²) in [5, 5.41) is 11.0. The van der Waals surface area contributed by atoms with Crippen molar-refractivity contribution >= 4 is 29.2 Å². The van der Waals surface area contributed by atoms with Crippen molar-refractivity contribution in [1.29, 1.82) is 0 Å². The van der Waals surface area contributed by atoms with Crippen molar-refractivity contribution in [3.8, 4) is 0 Å². The van der Waals surface area contributed by atoms with Crippen molar-refractivity contribution in [3.05, 3.63) is 34.4 Å². The molecule has 0 spiro atoms. The lowest BCUT2D eigenvalue weighted by Crippen LogP contribution is -2.48. The molecule has 2 amide bonds. The number of nitro groups is 1. The number of carbonyl (C=O) groups excluding carboxylic acids is 3. The summed E-state index contributed by atoms with van der Waals surface area (Å²) in [6.45, 7) is 3.03. The number of nitro benzene ring substituents is 1. The van der Waals surface area contributed by atoms with E-state index in [1.807, 2.05) is 4.90 Å². The van der Waals surface area contributed by atoms with E-state index in [4.69, 9.17) is 4.74 Å². The number of piperidine rings is 1. The molecule has 0 aromatic heterocycles. The maximum atomic E-state index is 12.9. The van der Waals surface area contributed by atoms with Gasteiger partial charge in [-0.2, -0.15) is 0 Å². The maximum Gasteiger partial charge on any atom is 0.310 e. The Balaban J connectivity index is 1.77. The summed E-state index contributed by atoms with van der Waals surface area (Å²) in [6.07, 6.45) is 1.42. The molecule has 1 aromatic rings. The molecule has 2 unspecified atom stereocenters. The zero-order valence-corrected chi connectivity index (χ0v) is 15.0. The second kappa shape index (κ2) is 7.83. The third kappa shape index (κ3) is 3.82. The molecule has 2 saturated heterocycles. The van der Waals surface area contributed by atoms with Crippen LogP contribution >= 0.6 is 0 Å². The molecule has 27 heavy (non-hydrogen) atoms. The van der Waals surface area contributed by atoms with Gasteiger partial charge in [-0.05, 0) is 32.4 Å². The van der Waals surface area contributed by atoms with Crippen LogP contribution < -0.4 is 4.90 Å². The Morgan fingerprint density at radius 1 is 1.37 bits per heavy atom. The van der Waals surface area contributed by atoms with Gasteiger partial charge in [-0.25, -0.2) is 4.90 Å². The second-order valence-corrected chi connectivity index (χ2v) is 6.65. The average molecular weight is 375 g/mol. The van der Waals surface area contributed by atoms with Gasteiger partial charge in [-0.3, -0.25) is 29.4 Å². The molecule has 1 aromatic carbocycles. The zero-order chi connectivity index (χ0) is 19.6. The van der Waals surface area contributed by atoms with E-state index in [1.54, 1.807) is 6.92 Å². The van der Waals surface area contributed by atoms with Gasteiger partial charge in [0.15, 0.2) is 0 Å². The Kier molecular flexibility index (Phi) is 5.50. The van der Waals surface area contributed by atoms with Crippen LogP contribution in [0.5, 0.6) is 0 Å². The number of imide groups is 1. The van der Waals surface area contributed by atoms with Gasteiger partial charge < -0.3 is 4.74 Å². The molecular weight excluding hydrogens is 354 g/mol. The highest BCUT2D eigenvalue weighted by atomic mass is 16.6. The fourth-order valence-corrected chi connectivity index (χ4v) is 3.66. The molecule has 9 heteroatoms. The fourth-order valence-electron chi connectivity index (χ4n) is 3.66. The van der Waals surface area contributed by atoms with Crippen molar-refractivity contribution < 1.29 is 24.0 Å². The summed E-state index contributed by atoms with van der Waals surface area (Å²) in [6, 6.07) is 4.81. The van der Waals surface area contributed by atoms with Gasteiger partial charge >= 0.3 is 5.97 Å². The predicted molar refractivity (Wildman–Crippen MR) is 94.9 cm³/mol. The number of nitrogens with zero attached hydrogens (tertiary/aromatic N) is 3. The highest BCUT2D eigenvalue weighted by molar-refractivity contribution is 6.22. The first-order chi connectivity index (χ1) is 12.9. The third-order valence-corrected chi connectivity index (χ3v) is 4.94. The number of likely N-dealkylation sites (tertiary alicyclic amines) is 1. The van der Waals surface area contributed by atoms with Crippen LogP contribution in [0, 0.1) is 16.0 Å². The lowest BCUT2D eigenvalue weighted by Gasteiger charge is -2.34. The number of ether oxygens (including phenoxy) is 1. The quantitative estimate of drug-likeness (QED) is 0.332. The molecule has 2 aliphatic rings. The van der Waals surface area contributed by atoms with Crippen LogP contribution in [0.25, 0.3) is 0 Å². The highest BCUT2D eigenvalue weighted by Crippen LogP contribution is 2.30. The summed E-state index contributed by atoms with van der Waals surface area (Å²) in [5.74, 6) is -1.41. The number of non-ortho nitro benzene ring substituents is 1. The molecule has 0 aliphatic carbocycles. The van der Waals surface area contributed by atoms with Crippen molar-refractivity contribution in [2.24, 2.45) is 5.92 Å². The van der Waals surface area contributed by atoms with Gasteiger partial charge in [0.2, 0.25) is 5.91 Å². The molecule has 0 bridgehead atoms. The molecule has 2 aliphatic heterocycles. The molecule has 144 valence electrons. The first-order valence-electron chi connectivity index (χ1n) is 8.94. The molecular formula is C18H21N3O6. The smallest absolute Gasteiger partial charge is 0.310 e. The van der Waals surface area contributed by atoms with Gasteiger partial charge in [0.25, 0.3) is 11.6 Å². The Hall–Kier alpha value is -2.81. The number of rotatable bonds is 5. The molecule has 0 radical (unpaired) electrons. The van der Waals surface area contributed by atoms with Crippen LogP contribution in [0.3, 0.4) is 0 Å². The molecule has 2 heterocycles. The van der Waals surface area contributed by atoms with Crippen molar-refractivity contribution in [2.75, 3.05) is 24.6 Å². The summed E-state index contributed by atoms with van der Waals surface area (Å²) in [4.78, 5) is 50.6. The number of carbonyl (C=O) groups is 3. The van der Waals surface area contributed by atoms with E-state index in [2.05, 4.69) is 0 Å². The van der Waals surface area contributed by atoms with Gasteiger partial charge in [0, 0.05) is 18.7 Å². The van der Waals surface area contributed by atoms with Gasteiger partial charge in [0.05, 0.1) is 35.6 Å². The molecule has 3 rings (SSSR count). The second-order valence-electron chi connectivity index (χ2n) is 6.65. The first-order valence-corrected chi connectivity index (χ1v) is 8.94. The number of amides is 2. The monoisotopic (exact) mass is 375 g/mol. The summed E-state index contributed by atoms with van der Waals surface area (Å²) in [7, 11) is 0. The molecule has 2 atom stereocenters. The Bertz CT molecular complexity index is 780. The van der Waals surface area contributed by atoms with Crippen LogP contribution in [0.1, 0.15) is 26.2 Å². The highest BCUT2D eigenvalue weighted by Gasteiger charge is 2.44. The van der Waals surface area contributed by atoms with Crippen LogP contribution in [0.4, 0.5) is 11.4 Å². The SMILES string of the molecule is CCOC(=O)C1CCCN(C2CC(=O)N(c3cccc([N+](=O)[O-])c3)C2=O)C1. The third-order valence-electron chi connectivity index (χ3n) is 4.94. The lowest BCUT2D eigenvalue weighted by atomic mass is 9.96. The van der Waals surface area contributed by atoms with E-state index in [1.165, 1.54) is 24.3 Å². The summed E-state index contributed by atoms with van der Waals surface area (Å²) < 4.78 is 5.07. The number of esters is 1. The van der Waals surface area contributed by atoms with E-state index in [-0.39, 0.29) is 29.7 Å². The minimum atomic E-state index is -0.658. The van der Waals surface area contributed by atoms with Crippen molar-refractivity contribution in [2.45, 2.75) is 32.2 Å². The van der Waals surface area contributed by atoms with Gasteiger partial charge in [-0.1, -0.05) is 6.07 Å². The number of hydrogen-bond donors (Lipinski definition) is 0. The molecule has 2 fully saturated rings. The number of benzene rings is 1. The topological polar surface area (TPSA) is 110 Å². The van der Waals surface area contributed by atoms with Crippen LogP contribution in [0.15, 0.2) is 24.3 Å². The first kappa shape index (κ1) is 19.0. The fraction of sp³-hybridized carbons (Fsp3) is 0.500. The molecule has 9 nitrogen and oxygen atoms in total. The molecule has 0 N–H and O–H groups in total. The van der Waals surface area contributed by atoms with Crippen molar-refractivity contribution in [1.82, 2.24) is 4.90 Å².